The molecule has 1 amide bonds. The molecule has 6 heteroatoms. The molecule has 0 bridgehead atoms. The quantitative estimate of drug-likeness (QED) is 0.904. The highest BCUT2D eigenvalue weighted by atomic mass is 16.4. The average Bonchev–Trinajstić information content (AvgIpc) is 2.57. The van der Waals surface area contributed by atoms with E-state index in [1.807, 2.05) is 13.0 Å². The summed E-state index contributed by atoms with van der Waals surface area (Å²) in [5.41, 5.74) is 0.893. The fourth-order valence-corrected chi connectivity index (χ4v) is 2.99. The van der Waals surface area contributed by atoms with Crippen molar-refractivity contribution in [1.82, 2.24) is 10.3 Å². The maximum absolute atomic E-state index is 12.5. The Morgan fingerprint density at radius 1 is 1.38 bits per heavy atom. The van der Waals surface area contributed by atoms with Crippen LogP contribution in [0.1, 0.15) is 46.0 Å². The van der Waals surface area contributed by atoms with E-state index in [0.717, 1.165) is 31.5 Å². The number of hydrogen-bond donors (Lipinski definition) is 2. The second-order valence-electron chi connectivity index (χ2n) is 6.16. The molecule has 1 fully saturated rings. The van der Waals surface area contributed by atoms with Crippen LogP contribution < -0.4 is 16.3 Å². The van der Waals surface area contributed by atoms with Crippen LogP contribution in [-0.2, 0) is 0 Å². The van der Waals surface area contributed by atoms with Crippen LogP contribution in [0.5, 0.6) is 0 Å². The van der Waals surface area contributed by atoms with Gasteiger partial charge in [0.2, 0.25) is 0 Å². The maximum Gasteiger partial charge on any atom is 0.349 e. The van der Waals surface area contributed by atoms with E-state index in [-0.39, 0.29) is 11.5 Å². The normalized spacial score (nSPS) is 17.5. The van der Waals surface area contributed by atoms with Gasteiger partial charge in [-0.15, -0.1) is 0 Å². The molecule has 0 aliphatic carbocycles. The number of aryl methyl sites for hydroxylation is 2. The number of pyridine rings is 1. The predicted octanol–water partition coefficient (Wildman–Crippen LogP) is 2.37. The van der Waals surface area contributed by atoms with Gasteiger partial charge in [-0.05, 0) is 56.5 Å². The van der Waals surface area contributed by atoms with Crippen molar-refractivity contribution in [3.63, 3.8) is 0 Å². The van der Waals surface area contributed by atoms with Crippen LogP contribution in [0, 0.1) is 13.8 Å². The highest BCUT2D eigenvalue weighted by molar-refractivity contribution is 6.04. The predicted molar refractivity (Wildman–Crippen MR) is 91.5 cm³/mol. The third-order valence-corrected chi connectivity index (χ3v) is 4.34. The van der Waals surface area contributed by atoms with Crippen molar-refractivity contribution in [3.05, 3.63) is 57.3 Å². The molecule has 1 unspecified atom stereocenters. The SMILES string of the molecule is Cc1cccnc1NC(=O)c1c(C)cc(C2CCCNC2)oc1=O. The first-order valence-electron chi connectivity index (χ1n) is 8.14. The number of hydrogen-bond acceptors (Lipinski definition) is 5. The summed E-state index contributed by atoms with van der Waals surface area (Å²) in [5.74, 6) is 0.786. The summed E-state index contributed by atoms with van der Waals surface area (Å²) in [4.78, 5) is 28.9. The zero-order valence-electron chi connectivity index (χ0n) is 13.9. The fourth-order valence-electron chi connectivity index (χ4n) is 2.99. The van der Waals surface area contributed by atoms with Crippen molar-refractivity contribution < 1.29 is 9.21 Å². The van der Waals surface area contributed by atoms with Crippen molar-refractivity contribution in [2.75, 3.05) is 18.4 Å². The van der Waals surface area contributed by atoms with Crippen molar-refractivity contribution in [2.24, 2.45) is 0 Å². The van der Waals surface area contributed by atoms with Crippen LogP contribution in [0.15, 0.2) is 33.6 Å². The lowest BCUT2D eigenvalue weighted by Crippen LogP contribution is -2.30. The van der Waals surface area contributed by atoms with Gasteiger partial charge in [-0.3, -0.25) is 4.79 Å². The molecule has 0 aromatic carbocycles. The fraction of sp³-hybridized carbons (Fsp3) is 0.389. The summed E-state index contributed by atoms with van der Waals surface area (Å²) < 4.78 is 5.44. The second-order valence-corrected chi connectivity index (χ2v) is 6.16. The Hall–Kier alpha value is -2.47. The van der Waals surface area contributed by atoms with E-state index in [9.17, 15) is 9.59 Å². The van der Waals surface area contributed by atoms with E-state index in [0.29, 0.717) is 17.1 Å². The number of nitrogens with zero attached hydrogens (tertiary/aromatic N) is 1. The number of anilines is 1. The van der Waals surface area contributed by atoms with Crippen LogP contribution in [0.4, 0.5) is 5.82 Å². The van der Waals surface area contributed by atoms with Gasteiger partial charge >= 0.3 is 5.63 Å². The maximum atomic E-state index is 12.5. The molecule has 1 aliphatic heterocycles. The number of piperidine rings is 1. The summed E-state index contributed by atoms with van der Waals surface area (Å²) in [5, 5.41) is 5.98. The van der Waals surface area contributed by atoms with E-state index in [4.69, 9.17) is 4.42 Å². The Labute approximate surface area is 140 Å². The molecular formula is C18H21N3O3. The van der Waals surface area contributed by atoms with Crippen LogP contribution in [0.25, 0.3) is 0 Å². The van der Waals surface area contributed by atoms with Crippen molar-refractivity contribution in [1.29, 1.82) is 0 Å². The number of amides is 1. The van der Waals surface area contributed by atoms with Crippen LogP contribution in [0.2, 0.25) is 0 Å². The summed E-state index contributed by atoms with van der Waals surface area (Å²) in [6.45, 7) is 5.39. The first-order chi connectivity index (χ1) is 11.6. The molecule has 24 heavy (non-hydrogen) atoms. The number of carbonyl (C=O) groups is 1. The van der Waals surface area contributed by atoms with E-state index < -0.39 is 11.5 Å². The van der Waals surface area contributed by atoms with Gasteiger partial charge in [-0.25, -0.2) is 9.78 Å². The molecule has 2 aromatic heterocycles. The molecule has 126 valence electrons. The highest BCUT2D eigenvalue weighted by Gasteiger charge is 2.22. The lowest BCUT2D eigenvalue weighted by Gasteiger charge is -2.22. The monoisotopic (exact) mass is 327 g/mol. The second kappa shape index (κ2) is 6.97. The molecule has 1 atom stereocenters. The first kappa shape index (κ1) is 16.4. The van der Waals surface area contributed by atoms with Gasteiger partial charge in [0.15, 0.2) is 0 Å². The zero-order chi connectivity index (χ0) is 17.1. The summed E-state index contributed by atoms with van der Waals surface area (Å²) in [6, 6.07) is 5.44. The van der Waals surface area contributed by atoms with Gasteiger partial charge in [0.05, 0.1) is 0 Å². The Balaban J connectivity index is 1.87. The first-order valence-corrected chi connectivity index (χ1v) is 8.14. The van der Waals surface area contributed by atoms with Crippen molar-refractivity contribution >= 4 is 11.7 Å². The lowest BCUT2D eigenvalue weighted by atomic mass is 9.95. The topological polar surface area (TPSA) is 84.2 Å². The Bertz CT molecular complexity index is 807. The molecule has 0 radical (unpaired) electrons. The van der Waals surface area contributed by atoms with Gasteiger partial charge in [0, 0.05) is 18.7 Å². The number of rotatable bonds is 3. The van der Waals surface area contributed by atoms with Gasteiger partial charge in [-0.1, -0.05) is 6.07 Å². The smallest absolute Gasteiger partial charge is 0.349 e. The molecule has 0 saturated carbocycles. The number of nitrogens with one attached hydrogen (secondary N) is 2. The van der Waals surface area contributed by atoms with Gasteiger partial charge in [-0.2, -0.15) is 0 Å². The average molecular weight is 327 g/mol. The van der Waals surface area contributed by atoms with Crippen LogP contribution >= 0.6 is 0 Å². The minimum atomic E-state index is -0.596. The molecule has 2 N–H and O–H groups in total. The Morgan fingerprint density at radius 2 is 2.21 bits per heavy atom. The standard InChI is InChI=1S/C18H21N3O3/c1-11-5-3-8-20-16(11)21-17(22)15-12(2)9-14(24-18(15)23)13-6-4-7-19-10-13/h3,5,8-9,13,19H,4,6-7,10H2,1-2H3,(H,20,21,22). The Kier molecular flexibility index (Phi) is 4.76. The summed E-state index contributed by atoms with van der Waals surface area (Å²) in [6.07, 6.45) is 3.62. The van der Waals surface area contributed by atoms with Crippen molar-refractivity contribution in [2.45, 2.75) is 32.6 Å². The van der Waals surface area contributed by atoms with Gasteiger partial charge in [0.25, 0.3) is 5.91 Å². The van der Waals surface area contributed by atoms with Crippen molar-refractivity contribution in [3.8, 4) is 0 Å². The zero-order valence-corrected chi connectivity index (χ0v) is 13.9. The molecule has 3 heterocycles. The molecular weight excluding hydrogens is 306 g/mol. The lowest BCUT2D eigenvalue weighted by molar-refractivity contribution is 0.102. The molecule has 1 aliphatic rings. The molecule has 1 saturated heterocycles. The number of aromatic nitrogens is 1. The Morgan fingerprint density at radius 3 is 2.88 bits per heavy atom. The molecule has 6 nitrogen and oxygen atoms in total. The van der Waals surface area contributed by atoms with E-state index in [2.05, 4.69) is 15.6 Å². The minimum absolute atomic E-state index is 0.0348. The molecule has 0 spiro atoms. The molecule has 3 rings (SSSR count). The molecule has 2 aromatic rings. The van der Waals surface area contributed by atoms with Crippen LogP contribution in [0.3, 0.4) is 0 Å². The van der Waals surface area contributed by atoms with E-state index in [1.165, 1.54) is 0 Å². The summed E-state index contributed by atoms with van der Waals surface area (Å²) >= 11 is 0. The highest BCUT2D eigenvalue weighted by Crippen LogP contribution is 2.24. The third-order valence-electron chi connectivity index (χ3n) is 4.34. The third kappa shape index (κ3) is 3.38. The number of carbonyl (C=O) groups excluding carboxylic acids is 1. The summed E-state index contributed by atoms with van der Waals surface area (Å²) in [7, 11) is 0. The van der Waals surface area contributed by atoms with E-state index in [1.54, 1.807) is 25.3 Å². The van der Waals surface area contributed by atoms with Gasteiger partial charge < -0.3 is 15.1 Å². The minimum Gasteiger partial charge on any atom is -0.427 e. The van der Waals surface area contributed by atoms with Crippen LogP contribution in [-0.4, -0.2) is 24.0 Å². The van der Waals surface area contributed by atoms with Gasteiger partial charge in [0.1, 0.15) is 17.1 Å². The van der Waals surface area contributed by atoms with E-state index >= 15 is 0 Å². The largest absolute Gasteiger partial charge is 0.427 e.